The van der Waals surface area contributed by atoms with Gasteiger partial charge in [-0.1, -0.05) is 0 Å². The Morgan fingerprint density at radius 1 is 1.24 bits per heavy atom. The average Bonchev–Trinajstić information content (AvgIpc) is 2.34. The Labute approximate surface area is 106 Å². The summed E-state index contributed by atoms with van der Waals surface area (Å²) >= 11 is 1.70. The molecule has 0 amide bonds. The fraction of sp³-hybridized carbons (Fsp3) is 0.462. The second kappa shape index (κ2) is 8.01. The highest BCUT2D eigenvalue weighted by Crippen LogP contribution is 2.19. The molecule has 0 bridgehead atoms. The lowest BCUT2D eigenvalue weighted by molar-refractivity contribution is -0.137. The second-order valence-electron chi connectivity index (χ2n) is 3.73. The first kappa shape index (κ1) is 13.9. The van der Waals surface area contributed by atoms with Gasteiger partial charge in [-0.3, -0.25) is 4.79 Å². The Balaban J connectivity index is 2.11. The van der Waals surface area contributed by atoms with E-state index in [1.54, 1.807) is 11.8 Å². The van der Waals surface area contributed by atoms with Crippen molar-refractivity contribution in [2.24, 2.45) is 0 Å². The van der Waals surface area contributed by atoms with Crippen LogP contribution in [0.4, 0.5) is 0 Å². The number of carbonyl (C=O) groups is 1. The predicted molar refractivity (Wildman–Crippen MR) is 69.8 cm³/mol. The van der Waals surface area contributed by atoms with Gasteiger partial charge in [-0.25, -0.2) is 0 Å². The Morgan fingerprint density at radius 3 is 2.53 bits per heavy atom. The summed E-state index contributed by atoms with van der Waals surface area (Å²) in [5.41, 5.74) is 0. The highest BCUT2D eigenvalue weighted by molar-refractivity contribution is 7.98. The lowest BCUT2D eigenvalue weighted by Crippen LogP contribution is -1.99. The molecule has 3 nitrogen and oxygen atoms in total. The van der Waals surface area contributed by atoms with E-state index in [-0.39, 0.29) is 6.42 Å². The van der Waals surface area contributed by atoms with Crippen LogP contribution in [0.25, 0.3) is 0 Å². The van der Waals surface area contributed by atoms with Gasteiger partial charge >= 0.3 is 5.97 Å². The second-order valence-corrected chi connectivity index (χ2v) is 4.61. The van der Waals surface area contributed by atoms with Crippen LogP contribution in [-0.2, 0) is 4.79 Å². The number of benzene rings is 1. The molecular formula is C13H18O3S. The van der Waals surface area contributed by atoms with E-state index in [1.807, 2.05) is 30.5 Å². The molecule has 0 fully saturated rings. The van der Waals surface area contributed by atoms with Gasteiger partial charge in [-0.15, -0.1) is 11.8 Å². The largest absolute Gasteiger partial charge is 0.494 e. The molecule has 0 aliphatic heterocycles. The SMILES string of the molecule is CSc1ccc(OCCCCCC(=O)O)cc1. The summed E-state index contributed by atoms with van der Waals surface area (Å²) < 4.78 is 5.56. The summed E-state index contributed by atoms with van der Waals surface area (Å²) in [7, 11) is 0. The van der Waals surface area contributed by atoms with Gasteiger partial charge in [0, 0.05) is 11.3 Å². The van der Waals surface area contributed by atoms with Gasteiger partial charge in [0.1, 0.15) is 5.75 Å². The van der Waals surface area contributed by atoms with Crippen molar-refractivity contribution in [2.75, 3.05) is 12.9 Å². The van der Waals surface area contributed by atoms with Crippen molar-refractivity contribution in [2.45, 2.75) is 30.6 Å². The van der Waals surface area contributed by atoms with Gasteiger partial charge in [-0.2, -0.15) is 0 Å². The van der Waals surface area contributed by atoms with E-state index in [1.165, 1.54) is 4.90 Å². The van der Waals surface area contributed by atoms with Crippen LogP contribution in [0.15, 0.2) is 29.2 Å². The van der Waals surface area contributed by atoms with E-state index in [2.05, 4.69) is 0 Å². The molecule has 94 valence electrons. The zero-order valence-electron chi connectivity index (χ0n) is 10.0. The number of carboxylic acid groups (broad SMARTS) is 1. The van der Waals surface area contributed by atoms with Crippen LogP contribution in [0.5, 0.6) is 5.75 Å². The minimum Gasteiger partial charge on any atom is -0.494 e. The van der Waals surface area contributed by atoms with Crippen molar-refractivity contribution >= 4 is 17.7 Å². The molecule has 1 rings (SSSR count). The van der Waals surface area contributed by atoms with Crippen molar-refractivity contribution in [3.8, 4) is 5.75 Å². The number of rotatable bonds is 8. The summed E-state index contributed by atoms with van der Waals surface area (Å²) in [6.07, 6.45) is 4.82. The lowest BCUT2D eigenvalue weighted by Gasteiger charge is -2.06. The molecule has 1 N–H and O–H groups in total. The van der Waals surface area contributed by atoms with Crippen LogP contribution in [0.1, 0.15) is 25.7 Å². The molecule has 0 saturated heterocycles. The quantitative estimate of drug-likeness (QED) is 0.570. The van der Waals surface area contributed by atoms with Crippen LogP contribution in [0, 0.1) is 0 Å². The number of hydrogen-bond acceptors (Lipinski definition) is 3. The fourth-order valence-electron chi connectivity index (χ4n) is 1.42. The molecule has 0 aliphatic carbocycles. The molecule has 0 aliphatic rings. The van der Waals surface area contributed by atoms with Gasteiger partial charge < -0.3 is 9.84 Å². The third-order valence-electron chi connectivity index (χ3n) is 2.36. The van der Waals surface area contributed by atoms with Crippen LogP contribution in [0.3, 0.4) is 0 Å². The summed E-state index contributed by atoms with van der Waals surface area (Å²) in [4.78, 5) is 11.5. The smallest absolute Gasteiger partial charge is 0.303 e. The van der Waals surface area contributed by atoms with Crippen molar-refractivity contribution in [3.05, 3.63) is 24.3 Å². The van der Waals surface area contributed by atoms with Crippen LogP contribution in [0.2, 0.25) is 0 Å². The topological polar surface area (TPSA) is 46.5 Å². The van der Waals surface area contributed by atoms with Gasteiger partial charge in [-0.05, 0) is 49.8 Å². The van der Waals surface area contributed by atoms with Crippen LogP contribution in [-0.4, -0.2) is 23.9 Å². The number of thioether (sulfide) groups is 1. The first-order valence-corrected chi connectivity index (χ1v) is 6.93. The number of aliphatic carboxylic acids is 1. The third kappa shape index (κ3) is 6.22. The molecule has 1 aromatic rings. The van der Waals surface area contributed by atoms with Crippen LogP contribution < -0.4 is 4.74 Å². The van der Waals surface area contributed by atoms with E-state index in [4.69, 9.17) is 9.84 Å². The Hall–Kier alpha value is -1.16. The van der Waals surface area contributed by atoms with E-state index < -0.39 is 5.97 Å². The van der Waals surface area contributed by atoms with Crippen molar-refractivity contribution in [1.29, 1.82) is 0 Å². The average molecular weight is 254 g/mol. The number of unbranched alkanes of at least 4 members (excludes halogenated alkanes) is 2. The van der Waals surface area contributed by atoms with Gasteiger partial charge in [0.05, 0.1) is 6.61 Å². The highest BCUT2D eigenvalue weighted by Gasteiger charge is 1.97. The maximum atomic E-state index is 10.3. The molecule has 0 unspecified atom stereocenters. The number of carboxylic acids is 1. The molecule has 1 aromatic carbocycles. The summed E-state index contributed by atoms with van der Waals surface area (Å²) in [5, 5.41) is 8.46. The summed E-state index contributed by atoms with van der Waals surface area (Å²) in [5.74, 6) is 0.152. The zero-order valence-corrected chi connectivity index (χ0v) is 10.8. The molecule has 0 spiro atoms. The predicted octanol–water partition coefficient (Wildman–Crippen LogP) is 3.43. The van der Waals surface area contributed by atoms with E-state index in [0.29, 0.717) is 6.61 Å². The zero-order chi connectivity index (χ0) is 12.5. The molecule has 0 atom stereocenters. The van der Waals surface area contributed by atoms with E-state index >= 15 is 0 Å². The first-order chi connectivity index (χ1) is 8.22. The molecule has 4 heteroatoms. The first-order valence-electron chi connectivity index (χ1n) is 5.71. The third-order valence-corrected chi connectivity index (χ3v) is 3.11. The summed E-state index contributed by atoms with van der Waals surface area (Å²) in [6, 6.07) is 7.99. The minimum absolute atomic E-state index is 0.252. The molecular weight excluding hydrogens is 236 g/mol. The summed E-state index contributed by atoms with van der Waals surface area (Å²) in [6.45, 7) is 0.651. The van der Waals surface area contributed by atoms with Crippen molar-refractivity contribution in [1.82, 2.24) is 0 Å². The molecule has 17 heavy (non-hydrogen) atoms. The monoisotopic (exact) mass is 254 g/mol. The van der Waals surface area contributed by atoms with Crippen molar-refractivity contribution < 1.29 is 14.6 Å². The molecule has 0 heterocycles. The van der Waals surface area contributed by atoms with E-state index in [0.717, 1.165) is 25.0 Å². The maximum Gasteiger partial charge on any atom is 0.303 e. The molecule has 0 radical (unpaired) electrons. The Morgan fingerprint density at radius 2 is 1.94 bits per heavy atom. The Kier molecular flexibility index (Phi) is 6.55. The van der Waals surface area contributed by atoms with Gasteiger partial charge in [0.15, 0.2) is 0 Å². The maximum absolute atomic E-state index is 10.3. The fourth-order valence-corrected chi connectivity index (χ4v) is 1.83. The standard InChI is InChI=1S/C13H18O3S/c1-17-12-8-6-11(7-9-12)16-10-4-2-3-5-13(14)15/h6-9H,2-5,10H2,1H3,(H,14,15). The molecule has 0 saturated carbocycles. The number of ether oxygens (including phenoxy) is 1. The highest BCUT2D eigenvalue weighted by atomic mass is 32.2. The van der Waals surface area contributed by atoms with E-state index in [9.17, 15) is 4.79 Å². The lowest BCUT2D eigenvalue weighted by atomic mass is 10.2. The van der Waals surface area contributed by atoms with Gasteiger partial charge in [0.25, 0.3) is 0 Å². The normalized spacial score (nSPS) is 10.2. The van der Waals surface area contributed by atoms with Crippen LogP contribution >= 0.6 is 11.8 Å². The van der Waals surface area contributed by atoms with Gasteiger partial charge in [0.2, 0.25) is 0 Å². The number of hydrogen-bond donors (Lipinski definition) is 1. The Bertz CT molecular complexity index is 335. The minimum atomic E-state index is -0.724. The van der Waals surface area contributed by atoms with Crippen molar-refractivity contribution in [3.63, 3.8) is 0 Å². The molecule has 0 aromatic heterocycles.